The number of nitrogens with one attached hydrogen (secondary N) is 3. The molecule has 4 N–H and O–H groups in total. The number of aromatic nitrogens is 4. The van der Waals surface area contributed by atoms with E-state index in [2.05, 4.69) is 47.4 Å². The summed E-state index contributed by atoms with van der Waals surface area (Å²) in [6.07, 6.45) is 4.72. The second-order valence-electron chi connectivity index (χ2n) is 9.85. The van der Waals surface area contributed by atoms with Crippen molar-refractivity contribution in [1.29, 1.82) is 0 Å². The van der Waals surface area contributed by atoms with Crippen molar-refractivity contribution in [3.63, 3.8) is 0 Å². The number of anilines is 3. The molecule has 216 valence electrons. The molecule has 2 atom stereocenters. The van der Waals surface area contributed by atoms with E-state index >= 15 is 4.39 Å². The zero-order chi connectivity index (χ0) is 28.9. The van der Waals surface area contributed by atoms with E-state index in [9.17, 15) is 9.90 Å². The van der Waals surface area contributed by atoms with Crippen LogP contribution in [0.2, 0.25) is 0 Å². The fourth-order valence-electron chi connectivity index (χ4n) is 4.93. The number of hydrogen-bond donors (Lipinski definition) is 4. The minimum atomic E-state index is -0.906. The standard InChI is InChI=1S/C28H33FN8O4/c1-36-7-9-37(10-8-36)23(16-40-2)26(38)34-22-6-4-5-19-20(14-31-25(19)22)24-21(29)15-32-28(35-24)33-18-11-17(12-30-13-18)27(39)41-3/h4-6,11-15,23,26,31,34,38H,7-10,16H2,1-3H3,(H,32,33,35)/t23-,26?/m1/s1. The highest BCUT2D eigenvalue weighted by Gasteiger charge is 2.29. The Bertz CT molecular complexity index is 1510. The van der Waals surface area contributed by atoms with Gasteiger partial charge in [-0.25, -0.2) is 19.2 Å². The molecule has 0 spiro atoms. The van der Waals surface area contributed by atoms with Crippen LogP contribution in [0, 0.1) is 5.82 Å². The summed E-state index contributed by atoms with van der Waals surface area (Å²) in [7, 11) is 4.99. The Morgan fingerprint density at radius 3 is 2.76 bits per heavy atom. The first-order valence-electron chi connectivity index (χ1n) is 13.2. The number of rotatable bonds is 10. The van der Waals surface area contributed by atoms with Gasteiger partial charge >= 0.3 is 5.97 Å². The smallest absolute Gasteiger partial charge is 0.339 e. The molecule has 0 radical (unpaired) electrons. The van der Waals surface area contributed by atoms with Gasteiger partial charge in [0.2, 0.25) is 5.95 Å². The van der Waals surface area contributed by atoms with Crippen LogP contribution < -0.4 is 10.6 Å². The summed E-state index contributed by atoms with van der Waals surface area (Å²) in [5, 5.41) is 18.1. The van der Waals surface area contributed by atoms with E-state index in [0.717, 1.165) is 32.4 Å². The Morgan fingerprint density at radius 2 is 2.00 bits per heavy atom. The van der Waals surface area contributed by atoms with E-state index in [1.807, 2.05) is 18.2 Å². The third kappa shape index (κ3) is 6.28. The van der Waals surface area contributed by atoms with Crippen molar-refractivity contribution in [3.05, 3.63) is 60.4 Å². The van der Waals surface area contributed by atoms with Gasteiger partial charge in [0.15, 0.2) is 5.82 Å². The van der Waals surface area contributed by atoms with Crippen LogP contribution in [0.25, 0.3) is 22.2 Å². The normalized spacial score (nSPS) is 15.9. The number of pyridine rings is 1. The third-order valence-electron chi connectivity index (χ3n) is 7.14. The molecule has 4 aromatic rings. The van der Waals surface area contributed by atoms with E-state index in [1.165, 1.54) is 19.5 Å². The van der Waals surface area contributed by atoms with E-state index in [1.54, 1.807) is 19.4 Å². The number of nitrogens with zero attached hydrogens (tertiary/aromatic N) is 5. The fourth-order valence-corrected chi connectivity index (χ4v) is 4.93. The Balaban J connectivity index is 1.40. The number of carbonyl (C=O) groups excluding carboxylic acids is 1. The predicted octanol–water partition coefficient (Wildman–Crippen LogP) is 2.68. The number of halogens is 1. The lowest BCUT2D eigenvalue weighted by Gasteiger charge is -2.39. The zero-order valence-corrected chi connectivity index (χ0v) is 23.1. The summed E-state index contributed by atoms with van der Waals surface area (Å²) < 4.78 is 25.2. The van der Waals surface area contributed by atoms with Crippen LogP contribution >= 0.6 is 0 Å². The van der Waals surface area contributed by atoms with Gasteiger partial charge < -0.3 is 35.1 Å². The summed E-state index contributed by atoms with van der Waals surface area (Å²) in [6.45, 7) is 3.84. The highest BCUT2D eigenvalue weighted by atomic mass is 19.1. The van der Waals surface area contributed by atoms with Gasteiger partial charge in [0.25, 0.3) is 0 Å². The molecule has 0 aliphatic carbocycles. The van der Waals surface area contributed by atoms with Gasteiger partial charge in [-0.3, -0.25) is 9.88 Å². The predicted molar refractivity (Wildman–Crippen MR) is 153 cm³/mol. The molecule has 0 saturated carbocycles. The number of H-pyrrole nitrogens is 1. The van der Waals surface area contributed by atoms with Crippen molar-refractivity contribution in [2.75, 3.05) is 64.7 Å². The SMILES string of the molecule is COC[C@H](C(O)Nc1cccc2c(-c3nc(Nc4cncc(C(=O)OC)c4)ncc3F)c[nH]c12)N1CCN(C)CC1. The van der Waals surface area contributed by atoms with Gasteiger partial charge in [0.05, 0.1) is 54.6 Å². The van der Waals surface area contributed by atoms with Gasteiger partial charge in [-0.1, -0.05) is 12.1 Å². The van der Waals surface area contributed by atoms with Crippen molar-refractivity contribution in [2.45, 2.75) is 12.3 Å². The van der Waals surface area contributed by atoms with Gasteiger partial charge in [0, 0.05) is 56.6 Å². The molecule has 13 heteroatoms. The number of ether oxygens (including phenoxy) is 2. The van der Waals surface area contributed by atoms with Gasteiger partial charge in [-0.05, 0) is 19.2 Å². The van der Waals surface area contributed by atoms with E-state index in [0.29, 0.717) is 34.4 Å². The first-order chi connectivity index (χ1) is 19.9. The van der Waals surface area contributed by atoms with Crippen LogP contribution in [0.4, 0.5) is 21.7 Å². The number of para-hydroxylation sites is 1. The summed E-state index contributed by atoms with van der Waals surface area (Å²) in [5.41, 5.74) is 2.65. The number of likely N-dealkylation sites (N-methyl/N-ethyl adjacent to an activating group) is 1. The number of piperazine rings is 1. The lowest BCUT2D eigenvalue weighted by molar-refractivity contribution is -0.00377. The molecule has 3 aromatic heterocycles. The summed E-state index contributed by atoms with van der Waals surface area (Å²) >= 11 is 0. The lowest BCUT2D eigenvalue weighted by Crippen LogP contribution is -2.56. The van der Waals surface area contributed by atoms with Crippen molar-refractivity contribution < 1.29 is 23.8 Å². The summed E-state index contributed by atoms with van der Waals surface area (Å²) in [6, 6.07) is 6.82. The number of aliphatic hydroxyl groups is 1. The van der Waals surface area contributed by atoms with Crippen molar-refractivity contribution in [2.24, 2.45) is 0 Å². The Hall–Kier alpha value is -4.17. The first kappa shape index (κ1) is 28.4. The average molecular weight is 565 g/mol. The van der Waals surface area contributed by atoms with Crippen molar-refractivity contribution in [3.8, 4) is 11.3 Å². The number of methoxy groups -OCH3 is 2. The summed E-state index contributed by atoms with van der Waals surface area (Å²) in [5.74, 6) is -1.02. The van der Waals surface area contributed by atoms with E-state index < -0.39 is 18.0 Å². The van der Waals surface area contributed by atoms with E-state index in [4.69, 9.17) is 9.47 Å². The maximum atomic E-state index is 15.0. The maximum absolute atomic E-state index is 15.0. The summed E-state index contributed by atoms with van der Waals surface area (Å²) in [4.78, 5) is 32.0. The van der Waals surface area contributed by atoms with Crippen molar-refractivity contribution in [1.82, 2.24) is 29.7 Å². The molecule has 5 rings (SSSR count). The first-order valence-corrected chi connectivity index (χ1v) is 13.2. The molecule has 1 unspecified atom stereocenters. The zero-order valence-electron chi connectivity index (χ0n) is 23.1. The Labute approximate surface area is 236 Å². The minimum absolute atomic E-state index is 0.0817. The van der Waals surface area contributed by atoms with Gasteiger partial charge in [-0.2, -0.15) is 0 Å². The molecule has 12 nitrogen and oxygen atoms in total. The van der Waals surface area contributed by atoms with Crippen molar-refractivity contribution >= 4 is 34.2 Å². The number of carbonyl (C=O) groups is 1. The fraction of sp³-hybridized carbons (Fsp3) is 0.357. The molecule has 1 aliphatic heterocycles. The Morgan fingerprint density at radius 1 is 1.20 bits per heavy atom. The van der Waals surface area contributed by atoms with Gasteiger partial charge in [0.1, 0.15) is 11.9 Å². The Kier molecular flexibility index (Phi) is 8.69. The lowest BCUT2D eigenvalue weighted by atomic mass is 10.1. The minimum Gasteiger partial charge on any atom is -0.465 e. The topological polar surface area (TPSA) is 141 Å². The van der Waals surface area contributed by atoms with Crippen LogP contribution in [-0.2, 0) is 9.47 Å². The molecule has 1 aliphatic rings. The van der Waals surface area contributed by atoms with Crippen LogP contribution in [0.15, 0.2) is 49.1 Å². The molecular weight excluding hydrogens is 531 g/mol. The second-order valence-corrected chi connectivity index (χ2v) is 9.85. The second kappa shape index (κ2) is 12.6. The molecule has 0 bridgehead atoms. The molecule has 41 heavy (non-hydrogen) atoms. The van der Waals surface area contributed by atoms with Crippen LogP contribution in [0.3, 0.4) is 0 Å². The number of hydrogen-bond acceptors (Lipinski definition) is 11. The van der Waals surface area contributed by atoms with E-state index in [-0.39, 0.29) is 23.2 Å². The maximum Gasteiger partial charge on any atom is 0.339 e. The quantitative estimate of drug-likeness (QED) is 0.167. The number of aliphatic hydroxyl groups excluding tert-OH is 1. The number of fused-ring (bicyclic) bond motifs is 1. The molecule has 4 heterocycles. The van der Waals surface area contributed by atoms with Crippen LogP contribution in [0.1, 0.15) is 10.4 Å². The van der Waals surface area contributed by atoms with Crippen LogP contribution in [0.5, 0.6) is 0 Å². The monoisotopic (exact) mass is 564 g/mol. The average Bonchev–Trinajstić information content (AvgIpc) is 3.42. The third-order valence-corrected chi connectivity index (χ3v) is 7.14. The van der Waals surface area contributed by atoms with Gasteiger partial charge in [-0.15, -0.1) is 0 Å². The molecular formula is C28H33FN8O4. The highest BCUT2D eigenvalue weighted by molar-refractivity contribution is 6.01. The molecule has 1 fully saturated rings. The molecule has 1 saturated heterocycles. The van der Waals surface area contributed by atoms with Crippen LogP contribution in [-0.4, -0.2) is 107 Å². The number of aromatic amines is 1. The largest absolute Gasteiger partial charge is 0.465 e. The molecule has 1 aromatic carbocycles. The number of benzene rings is 1. The number of esters is 1. The highest BCUT2D eigenvalue weighted by Crippen LogP contribution is 2.33. The molecule has 0 amide bonds.